The highest BCUT2D eigenvalue weighted by atomic mass is 35.5. The zero-order valence-electron chi connectivity index (χ0n) is 16.7. The third kappa shape index (κ3) is 4.32. The molecule has 4 rings (SSSR count). The number of urea groups is 2. The summed E-state index contributed by atoms with van der Waals surface area (Å²) in [4.78, 5) is 32.9. The summed E-state index contributed by atoms with van der Waals surface area (Å²) < 4.78 is 0. The van der Waals surface area contributed by atoms with Gasteiger partial charge in [0.1, 0.15) is 18.0 Å². The van der Waals surface area contributed by atoms with E-state index >= 15 is 0 Å². The number of fused-ring (bicyclic) bond motifs is 1. The van der Waals surface area contributed by atoms with Crippen molar-refractivity contribution in [1.82, 2.24) is 20.4 Å². The molecule has 4 amide bonds. The number of amidine groups is 1. The highest BCUT2D eigenvalue weighted by molar-refractivity contribution is 6.30. The molecule has 0 bridgehead atoms. The molecule has 156 valence electrons. The molecule has 30 heavy (non-hydrogen) atoms. The van der Waals surface area contributed by atoms with E-state index in [1.807, 2.05) is 42.5 Å². The number of hydrogen-bond acceptors (Lipinski definition) is 4. The number of nitrogens with one attached hydrogen (secondary N) is 2. The third-order valence-electron chi connectivity index (χ3n) is 5.38. The predicted octanol–water partition coefficient (Wildman–Crippen LogP) is 2.90. The highest BCUT2D eigenvalue weighted by Gasteiger charge is 2.46. The van der Waals surface area contributed by atoms with Crippen LogP contribution in [0.5, 0.6) is 0 Å². The maximum Gasteiger partial charge on any atom is 0.334 e. The van der Waals surface area contributed by atoms with E-state index in [4.69, 9.17) is 16.6 Å². The summed E-state index contributed by atoms with van der Waals surface area (Å²) in [5, 5.41) is 6.87. The normalized spacial score (nSPS) is 20.7. The van der Waals surface area contributed by atoms with Crippen molar-refractivity contribution >= 4 is 29.5 Å². The predicted molar refractivity (Wildman–Crippen MR) is 117 cm³/mol. The number of halogens is 1. The van der Waals surface area contributed by atoms with Crippen molar-refractivity contribution in [3.8, 4) is 0 Å². The van der Waals surface area contributed by atoms with Gasteiger partial charge in [-0.25, -0.2) is 14.5 Å². The Morgan fingerprint density at radius 1 is 1.17 bits per heavy atom. The summed E-state index contributed by atoms with van der Waals surface area (Å²) in [6.07, 6.45) is 1.26. The number of aliphatic imine (C=N–C) groups is 1. The van der Waals surface area contributed by atoms with E-state index in [9.17, 15) is 9.59 Å². The number of carbonyl (C=O) groups is 2. The molecule has 2 N–H and O–H groups in total. The lowest BCUT2D eigenvalue weighted by Crippen LogP contribution is -2.54. The second kappa shape index (κ2) is 8.85. The topological polar surface area (TPSA) is 77.0 Å². The molecule has 8 heteroatoms. The van der Waals surface area contributed by atoms with Crippen molar-refractivity contribution in [2.75, 3.05) is 20.1 Å². The van der Waals surface area contributed by atoms with Gasteiger partial charge in [0.15, 0.2) is 0 Å². The molecule has 0 saturated carbocycles. The number of carbonyl (C=O) groups excluding carboxylic acids is 2. The SMILES string of the molecule is CN1C(=O)N(C(=O)NCCc2ccc(Cl)cc2)C2CNC(Cc3ccccc3)N=C21. The number of likely N-dealkylation sites (N-methyl/N-ethyl adjacent to an activating group) is 1. The zero-order valence-corrected chi connectivity index (χ0v) is 17.5. The number of amides is 4. The lowest BCUT2D eigenvalue weighted by molar-refractivity contribution is 0.180. The summed E-state index contributed by atoms with van der Waals surface area (Å²) in [6, 6.07) is 16.4. The molecule has 2 unspecified atom stereocenters. The van der Waals surface area contributed by atoms with Crippen LogP contribution in [0.2, 0.25) is 5.02 Å². The van der Waals surface area contributed by atoms with Gasteiger partial charge in [-0.3, -0.25) is 15.2 Å². The van der Waals surface area contributed by atoms with E-state index in [1.54, 1.807) is 7.05 Å². The largest absolute Gasteiger partial charge is 0.337 e. The van der Waals surface area contributed by atoms with Crippen LogP contribution in [0.3, 0.4) is 0 Å². The van der Waals surface area contributed by atoms with Crippen molar-refractivity contribution < 1.29 is 9.59 Å². The summed E-state index contributed by atoms with van der Waals surface area (Å²) in [7, 11) is 1.67. The summed E-state index contributed by atoms with van der Waals surface area (Å²) in [6.45, 7) is 0.911. The van der Waals surface area contributed by atoms with Crippen LogP contribution < -0.4 is 10.6 Å². The Balaban J connectivity index is 1.39. The smallest absolute Gasteiger partial charge is 0.334 e. The van der Waals surface area contributed by atoms with Gasteiger partial charge in [-0.1, -0.05) is 54.1 Å². The number of rotatable bonds is 5. The maximum absolute atomic E-state index is 12.7. The summed E-state index contributed by atoms with van der Waals surface area (Å²) in [5.41, 5.74) is 2.23. The molecule has 0 radical (unpaired) electrons. The van der Waals surface area contributed by atoms with E-state index in [0.717, 1.165) is 12.0 Å². The minimum atomic E-state index is -0.403. The van der Waals surface area contributed by atoms with Crippen molar-refractivity contribution in [1.29, 1.82) is 0 Å². The Bertz CT molecular complexity index is 948. The van der Waals surface area contributed by atoms with Crippen LogP contribution in [0.15, 0.2) is 59.6 Å². The lowest BCUT2D eigenvalue weighted by atomic mass is 10.1. The van der Waals surface area contributed by atoms with Gasteiger partial charge in [-0.05, 0) is 29.7 Å². The molecule has 0 spiro atoms. The minimum Gasteiger partial charge on any atom is -0.337 e. The molecule has 0 aromatic heterocycles. The molecule has 0 aliphatic carbocycles. The number of imide groups is 1. The van der Waals surface area contributed by atoms with Gasteiger partial charge in [0.25, 0.3) is 0 Å². The van der Waals surface area contributed by atoms with Gasteiger partial charge in [-0.2, -0.15) is 0 Å². The van der Waals surface area contributed by atoms with Crippen LogP contribution in [0.1, 0.15) is 11.1 Å². The quantitative estimate of drug-likeness (QED) is 0.773. The Morgan fingerprint density at radius 3 is 2.63 bits per heavy atom. The molecule has 2 aromatic rings. The molecular weight excluding hydrogens is 402 g/mol. The first-order chi connectivity index (χ1) is 14.5. The van der Waals surface area contributed by atoms with E-state index in [1.165, 1.54) is 15.4 Å². The van der Waals surface area contributed by atoms with Crippen molar-refractivity contribution in [2.45, 2.75) is 25.0 Å². The zero-order chi connectivity index (χ0) is 21.1. The van der Waals surface area contributed by atoms with E-state index in [0.29, 0.717) is 30.4 Å². The van der Waals surface area contributed by atoms with Gasteiger partial charge < -0.3 is 5.32 Å². The average Bonchev–Trinajstić information content (AvgIpc) is 3.00. The van der Waals surface area contributed by atoms with Gasteiger partial charge in [0.05, 0.1) is 0 Å². The fourth-order valence-corrected chi connectivity index (χ4v) is 3.90. The third-order valence-corrected chi connectivity index (χ3v) is 5.63. The van der Waals surface area contributed by atoms with Crippen LogP contribution >= 0.6 is 11.6 Å². The molecule has 2 heterocycles. The summed E-state index contributed by atoms with van der Waals surface area (Å²) in [5.74, 6) is 0.632. The number of nitrogens with zero attached hydrogens (tertiary/aromatic N) is 3. The Hall–Kier alpha value is -2.90. The molecule has 2 aliphatic rings. The van der Waals surface area contributed by atoms with Gasteiger partial charge >= 0.3 is 12.1 Å². The van der Waals surface area contributed by atoms with Gasteiger partial charge in [-0.15, -0.1) is 0 Å². The van der Waals surface area contributed by atoms with Crippen LogP contribution in [0.25, 0.3) is 0 Å². The molecular formula is C22H24ClN5O2. The van der Waals surface area contributed by atoms with Crippen molar-refractivity contribution in [3.63, 3.8) is 0 Å². The summed E-state index contributed by atoms with van der Waals surface area (Å²) >= 11 is 5.90. The lowest BCUT2D eigenvalue weighted by Gasteiger charge is -2.28. The first kappa shape index (κ1) is 20.4. The molecule has 7 nitrogen and oxygen atoms in total. The van der Waals surface area contributed by atoms with Crippen LogP contribution in [0, 0.1) is 0 Å². The maximum atomic E-state index is 12.7. The Labute approximate surface area is 180 Å². The first-order valence-corrected chi connectivity index (χ1v) is 10.3. The molecule has 2 aliphatic heterocycles. The van der Waals surface area contributed by atoms with Gasteiger partial charge in [0, 0.05) is 31.6 Å². The molecule has 1 fully saturated rings. The monoisotopic (exact) mass is 425 g/mol. The first-order valence-electron chi connectivity index (χ1n) is 9.97. The van der Waals surface area contributed by atoms with Crippen molar-refractivity contribution in [2.24, 2.45) is 4.99 Å². The number of hydrogen-bond donors (Lipinski definition) is 2. The fraction of sp³-hybridized carbons (Fsp3) is 0.318. The molecule has 1 saturated heterocycles. The molecule has 2 aromatic carbocycles. The van der Waals surface area contributed by atoms with E-state index < -0.39 is 12.1 Å². The second-order valence-electron chi connectivity index (χ2n) is 7.44. The second-order valence-corrected chi connectivity index (χ2v) is 7.87. The van der Waals surface area contributed by atoms with E-state index in [2.05, 4.69) is 22.8 Å². The Kier molecular flexibility index (Phi) is 6.01. The minimum absolute atomic E-state index is 0.123. The van der Waals surface area contributed by atoms with Crippen LogP contribution in [-0.2, 0) is 12.8 Å². The molecule has 2 atom stereocenters. The fourth-order valence-electron chi connectivity index (χ4n) is 3.77. The van der Waals surface area contributed by atoms with Crippen LogP contribution in [0.4, 0.5) is 9.59 Å². The average molecular weight is 426 g/mol. The van der Waals surface area contributed by atoms with E-state index in [-0.39, 0.29) is 12.2 Å². The standard InChI is InChI=1S/C22H24ClN5O2/c1-27-20-18(14-25-19(26-20)13-16-5-3-2-4-6-16)28(22(27)30)21(29)24-12-11-15-7-9-17(23)10-8-15/h2-10,18-19,25H,11-14H2,1H3,(H,24,29). The Morgan fingerprint density at radius 2 is 1.90 bits per heavy atom. The van der Waals surface area contributed by atoms with Gasteiger partial charge in [0.2, 0.25) is 0 Å². The van der Waals surface area contributed by atoms with Crippen molar-refractivity contribution in [3.05, 3.63) is 70.7 Å². The highest BCUT2D eigenvalue weighted by Crippen LogP contribution is 2.21. The number of benzene rings is 2. The van der Waals surface area contributed by atoms with Crippen LogP contribution in [-0.4, -0.2) is 60.0 Å².